The third-order valence-electron chi connectivity index (χ3n) is 0.667. The molecule has 1 N–H and O–H groups in total. The first-order chi connectivity index (χ1) is 5.06. The molecule has 0 aliphatic rings. The van der Waals surface area contributed by atoms with Crippen LogP contribution in [0.2, 0.25) is 0 Å². The molecule has 13 heavy (non-hydrogen) atoms. The van der Waals surface area contributed by atoms with Crippen molar-refractivity contribution in [2.75, 3.05) is 13.1 Å². The van der Waals surface area contributed by atoms with Gasteiger partial charge < -0.3 is 25.1 Å². The van der Waals surface area contributed by atoms with E-state index in [1.54, 1.807) is 0 Å². The van der Waals surface area contributed by atoms with Crippen molar-refractivity contribution in [1.82, 2.24) is 5.32 Å². The Labute approximate surface area is 122 Å². The van der Waals surface area contributed by atoms with E-state index in [2.05, 4.69) is 19.2 Å². The van der Waals surface area contributed by atoms with Gasteiger partial charge in [0.2, 0.25) is 0 Å². The Kier molecular flexibility index (Phi) is 33.8. The summed E-state index contributed by atoms with van der Waals surface area (Å²) in [6.07, 6.45) is 0. The van der Waals surface area contributed by atoms with Gasteiger partial charge in [-0.2, -0.15) is 0 Å². The Morgan fingerprint density at radius 1 is 1.00 bits per heavy atom. The van der Waals surface area contributed by atoms with Gasteiger partial charge in [0.25, 0.3) is 0 Å². The normalized spacial score (nSPS) is 6.62. The van der Waals surface area contributed by atoms with E-state index in [1.165, 1.54) is 0 Å². The summed E-state index contributed by atoms with van der Waals surface area (Å²) in [4.78, 5) is 17.9. The molecule has 0 heterocycles. The van der Waals surface area contributed by atoms with Crippen LogP contribution in [0.3, 0.4) is 0 Å². The second-order valence-corrected chi connectivity index (χ2v) is 1.53. The van der Waals surface area contributed by atoms with Gasteiger partial charge in [0.15, 0.2) is 0 Å². The van der Waals surface area contributed by atoms with E-state index < -0.39 is 11.9 Å². The molecule has 0 fully saturated rings. The molecule has 0 aromatic carbocycles. The van der Waals surface area contributed by atoms with Crippen molar-refractivity contribution >= 4 is 11.9 Å². The summed E-state index contributed by atoms with van der Waals surface area (Å²) in [6, 6.07) is 0. The van der Waals surface area contributed by atoms with Crippen molar-refractivity contribution in [3.8, 4) is 0 Å². The van der Waals surface area contributed by atoms with Crippen molar-refractivity contribution in [3.63, 3.8) is 0 Å². The van der Waals surface area contributed by atoms with Gasteiger partial charge in [-0.05, 0) is 13.1 Å². The van der Waals surface area contributed by atoms with Crippen LogP contribution in [0, 0.1) is 0 Å². The molecular formula is C6H11NNa2O4. The Bertz CT molecular complexity index is 118. The zero-order chi connectivity index (χ0) is 9.28. The smallest absolute Gasteiger partial charge is 0.543 e. The molecule has 0 radical (unpaired) electrons. The minimum absolute atomic E-state index is 0. The number of nitrogens with one attached hydrogen (secondary N) is 1. The minimum Gasteiger partial charge on any atom is -0.543 e. The molecule has 0 saturated carbocycles. The second-order valence-electron chi connectivity index (χ2n) is 1.53. The number of hydrogen-bond donors (Lipinski definition) is 1. The molecule has 0 aromatic rings. The average molecular weight is 207 g/mol. The molecule has 0 amide bonds. The van der Waals surface area contributed by atoms with Gasteiger partial charge in [0, 0.05) is 0 Å². The molecule has 0 aliphatic carbocycles. The van der Waals surface area contributed by atoms with Crippen LogP contribution in [-0.2, 0) is 9.59 Å². The van der Waals surface area contributed by atoms with E-state index in [1.807, 2.05) is 0 Å². The first-order valence-electron chi connectivity index (χ1n) is 3.19. The number of hydrogen-bond acceptors (Lipinski definition) is 5. The standard InChI is InChI=1S/C4H11N.C2H2O4.2Na/c1-3-5-4-2;3-1(4)2(5)6;;/h5H,3-4H2,1-2H3;(H,3,4)(H,5,6);;/q;;2*+1/p-2. The molecule has 0 spiro atoms. The van der Waals surface area contributed by atoms with E-state index >= 15 is 0 Å². The summed E-state index contributed by atoms with van der Waals surface area (Å²) >= 11 is 0. The molecule has 0 unspecified atom stereocenters. The fraction of sp³-hybridized carbons (Fsp3) is 0.667. The fourth-order valence-corrected chi connectivity index (χ4v) is 0.250. The molecule has 0 aromatic heterocycles. The van der Waals surface area contributed by atoms with Gasteiger partial charge in [0.1, 0.15) is 0 Å². The van der Waals surface area contributed by atoms with Crippen LogP contribution in [0.25, 0.3) is 0 Å². The topological polar surface area (TPSA) is 92.3 Å². The predicted octanol–water partition coefficient (Wildman–Crippen LogP) is -8.89. The molecule has 0 rings (SSSR count). The van der Waals surface area contributed by atoms with Crippen LogP contribution in [0.1, 0.15) is 13.8 Å². The van der Waals surface area contributed by atoms with E-state index in [0.717, 1.165) is 13.1 Å². The summed E-state index contributed by atoms with van der Waals surface area (Å²) in [6.45, 7) is 6.39. The monoisotopic (exact) mass is 207 g/mol. The molecule has 5 nitrogen and oxygen atoms in total. The largest absolute Gasteiger partial charge is 1.00 e. The quantitative estimate of drug-likeness (QED) is 0.358. The van der Waals surface area contributed by atoms with Crippen LogP contribution >= 0.6 is 0 Å². The van der Waals surface area contributed by atoms with Crippen molar-refractivity contribution in [2.45, 2.75) is 13.8 Å². The molecule has 0 saturated heterocycles. The van der Waals surface area contributed by atoms with Crippen LogP contribution in [-0.4, -0.2) is 25.0 Å². The van der Waals surface area contributed by atoms with E-state index in [9.17, 15) is 0 Å². The summed E-state index contributed by atoms with van der Waals surface area (Å²) < 4.78 is 0. The maximum atomic E-state index is 8.93. The summed E-state index contributed by atoms with van der Waals surface area (Å²) in [7, 11) is 0. The van der Waals surface area contributed by atoms with Gasteiger partial charge in [-0.15, -0.1) is 0 Å². The van der Waals surface area contributed by atoms with Gasteiger partial charge in [0.05, 0.1) is 11.9 Å². The van der Waals surface area contributed by atoms with Crippen LogP contribution in [0.5, 0.6) is 0 Å². The van der Waals surface area contributed by atoms with E-state index in [-0.39, 0.29) is 59.1 Å². The average Bonchev–Trinajstić information content (AvgIpc) is 1.90. The number of carbonyl (C=O) groups excluding carboxylic acids is 2. The molecular weight excluding hydrogens is 196 g/mol. The summed E-state index contributed by atoms with van der Waals surface area (Å²) in [5.74, 6) is -4.37. The van der Waals surface area contributed by atoms with Gasteiger partial charge in [-0.1, -0.05) is 13.8 Å². The fourth-order valence-electron chi connectivity index (χ4n) is 0.250. The van der Waals surface area contributed by atoms with Crippen molar-refractivity contribution in [1.29, 1.82) is 0 Å². The van der Waals surface area contributed by atoms with Gasteiger partial charge in [-0.25, -0.2) is 0 Å². The third kappa shape index (κ3) is 32.2. The maximum absolute atomic E-state index is 8.93. The Morgan fingerprint density at radius 2 is 1.23 bits per heavy atom. The predicted molar refractivity (Wildman–Crippen MR) is 34.2 cm³/mol. The molecule has 0 atom stereocenters. The maximum Gasteiger partial charge on any atom is 1.00 e. The molecule has 0 aliphatic heterocycles. The van der Waals surface area contributed by atoms with Crippen molar-refractivity contribution in [2.24, 2.45) is 0 Å². The second kappa shape index (κ2) is 18.6. The zero-order valence-electron chi connectivity index (χ0n) is 8.55. The number of rotatable bonds is 2. The SMILES string of the molecule is CCNCC.O=C([O-])C(=O)[O-].[Na+].[Na+]. The number of aliphatic carboxylic acids is 2. The van der Waals surface area contributed by atoms with Crippen LogP contribution < -0.4 is 74.6 Å². The zero-order valence-corrected chi connectivity index (χ0v) is 12.5. The first kappa shape index (κ1) is 23.6. The molecule has 7 heteroatoms. The summed E-state index contributed by atoms with van der Waals surface area (Å²) in [5.41, 5.74) is 0. The van der Waals surface area contributed by atoms with Gasteiger partial charge >= 0.3 is 59.1 Å². The molecule has 66 valence electrons. The number of carboxylic acids is 2. The minimum atomic E-state index is -2.19. The Morgan fingerprint density at radius 3 is 1.23 bits per heavy atom. The van der Waals surface area contributed by atoms with Crippen LogP contribution in [0.15, 0.2) is 0 Å². The number of carbonyl (C=O) groups is 2. The Balaban J connectivity index is -0.0000000546. The van der Waals surface area contributed by atoms with E-state index in [0.29, 0.717) is 0 Å². The summed E-state index contributed by atoms with van der Waals surface area (Å²) in [5, 5.41) is 21.0. The molecule has 0 bridgehead atoms. The third-order valence-corrected chi connectivity index (χ3v) is 0.667. The van der Waals surface area contributed by atoms with E-state index in [4.69, 9.17) is 19.8 Å². The number of carboxylic acid groups (broad SMARTS) is 2. The van der Waals surface area contributed by atoms with Gasteiger partial charge in [-0.3, -0.25) is 0 Å². The first-order valence-corrected chi connectivity index (χ1v) is 3.19. The van der Waals surface area contributed by atoms with Crippen LogP contribution in [0.4, 0.5) is 0 Å². The van der Waals surface area contributed by atoms with Crippen molar-refractivity contribution < 1.29 is 78.9 Å². The Hall–Kier alpha value is 0.900. The van der Waals surface area contributed by atoms with Crippen molar-refractivity contribution in [3.05, 3.63) is 0 Å².